The summed E-state index contributed by atoms with van der Waals surface area (Å²) in [7, 11) is -2.34. The number of fused-ring (bicyclic) bond motifs is 1. The molecule has 0 fully saturated rings. The number of aryl methyl sites for hydroxylation is 2. The molecule has 1 aromatic heterocycles. The molecule has 0 spiro atoms. The molecule has 3 rings (SSSR count). The molecule has 1 heterocycles. The topological polar surface area (TPSA) is 147 Å². The molecule has 0 bridgehead atoms. The standard InChI is InChI=1S/C23H25ClN4O6S/c1-13-7-8-19-17(21(13)24)12-20(28(19)3)22(30)26-18(9-10-25-35(33,34)27-14(2)29)15-5-4-6-16(11-15)23(31)32/h4-8,11-12,18,25H,9-10H2,1-3H3,(H,26,30)(H,27,29)(H,31,32). The SMILES string of the molecule is CC(=O)NS(=O)(=O)NCCC(NC(=O)c1cc2c(Cl)c(C)ccc2n1C)c1cccc(C(=O)O)c1. The molecule has 12 heteroatoms. The minimum absolute atomic E-state index is 0.0208. The second-order valence-electron chi connectivity index (χ2n) is 8.02. The summed E-state index contributed by atoms with van der Waals surface area (Å²) in [5.74, 6) is -2.34. The van der Waals surface area contributed by atoms with Gasteiger partial charge in [-0.25, -0.2) is 9.52 Å². The van der Waals surface area contributed by atoms with Gasteiger partial charge in [-0.3, -0.25) is 9.59 Å². The molecule has 3 aromatic rings. The van der Waals surface area contributed by atoms with Crippen LogP contribution in [0.15, 0.2) is 42.5 Å². The van der Waals surface area contributed by atoms with Crippen LogP contribution in [-0.2, 0) is 22.1 Å². The first kappa shape index (κ1) is 26.2. The van der Waals surface area contributed by atoms with E-state index in [4.69, 9.17) is 11.6 Å². The van der Waals surface area contributed by atoms with Crippen molar-refractivity contribution in [3.05, 3.63) is 69.9 Å². The highest BCUT2D eigenvalue weighted by molar-refractivity contribution is 7.88. The Kier molecular flexibility index (Phi) is 7.83. The van der Waals surface area contributed by atoms with Gasteiger partial charge < -0.3 is 15.0 Å². The van der Waals surface area contributed by atoms with Gasteiger partial charge in [0.25, 0.3) is 5.91 Å². The summed E-state index contributed by atoms with van der Waals surface area (Å²) in [4.78, 5) is 35.8. The lowest BCUT2D eigenvalue weighted by atomic mass is 10.0. The minimum Gasteiger partial charge on any atom is -0.478 e. The highest BCUT2D eigenvalue weighted by atomic mass is 35.5. The molecule has 0 aliphatic heterocycles. The molecule has 0 saturated heterocycles. The Labute approximate surface area is 207 Å². The quantitative estimate of drug-likeness (QED) is 0.341. The minimum atomic E-state index is -4.07. The van der Waals surface area contributed by atoms with Crippen molar-refractivity contribution in [2.75, 3.05) is 6.54 Å². The van der Waals surface area contributed by atoms with Crippen LogP contribution in [0.5, 0.6) is 0 Å². The van der Waals surface area contributed by atoms with Crippen molar-refractivity contribution in [1.29, 1.82) is 0 Å². The molecule has 35 heavy (non-hydrogen) atoms. The molecule has 186 valence electrons. The van der Waals surface area contributed by atoms with Crippen LogP contribution in [0, 0.1) is 6.92 Å². The van der Waals surface area contributed by atoms with E-state index in [1.165, 1.54) is 12.1 Å². The van der Waals surface area contributed by atoms with Gasteiger partial charge >= 0.3 is 16.2 Å². The fourth-order valence-corrected chi connectivity index (χ4v) is 4.76. The van der Waals surface area contributed by atoms with E-state index in [0.29, 0.717) is 21.7 Å². The zero-order chi connectivity index (χ0) is 25.9. The fraction of sp³-hybridized carbons (Fsp3) is 0.261. The van der Waals surface area contributed by atoms with Crippen LogP contribution in [-0.4, -0.2) is 42.4 Å². The Morgan fingerprint density at radius 1 is 1.14 bits per heavy atom. The van der Waals surface area contributed by atoms with Gasteiger partial charge in [0.1, 0.15) is 5.69 Å². The van der Waals surface area contributed by atoms with Gasteiger partial charge in [0.05, 0.1) is 16.6 Å². The van der Waals surface area contributed by atoms with Crippen molar-refractivity contribution in [2.24, 2.45) is 7.05 Å². The van der Waals surface area contributed by atoms with Gasteiger partial charge in [0.2, 0.25) is 5.91 Å². The number of rotatable bonds is 9. The second-order valence-corrected chi connectivity index (χ2v) is 9.90. The van der Waals surface area contributed by atoms with Crippen LogP contribution in [0.4, 0.5) is 0 Å². The molecule has 10 nitrogen and oxygen atoms in total. The van der Waals surface area contributed by atoms with Crippen LogP contribution in [0.1, 0.15) is 51.4 Å². The predicted octanol–water partition coefficient (Wildman–Crippen LogP) is 2.67. The highest BCUT2D eigenvalue weighted by Gasteiger charge is 2.22. The average molecular weight is 521 g/mol. The monoisotopic (exact) mass is 520 g/mol. The van der Waals surface area contributed by atoms with E-state index >= 15 is 0 Å². The number of hydrogen-bond donors (Lipinski definition) is 4. The number of carbonyl (C=O) groups excluding carboxylic acids is 2. The zero-order valence-corrected chi connectivity index (χ0v) is 20.8. The number of halogens is 1. The van der Waals surface area contributed by atoms with Gasteiger partial charge in [-0.2, -0.15) is 13.1 Å². The van der Waals surface area contributed by atoms with Crippen LogP contribution < -0.4 is 14.8 Å². The normalized spacial score (nSPS) is 12.3. The van der Waals surface area contributed by atoms with Crippen LogP contribution in [0.3, 0.4) is 0 Å². The Balaban J connectivity index is 1.90. The Bertz CT molecular complexity index is 1420. The summed E-state index contributed by atoms with van der Waals surface area (Å²) in [6.07, 6.45) is 0.0808. The maximum absolute atomic E-state index is 13.3. The van der Waals surface area contributed by atoms with Crippen LogP contribution in [0.25, 0.3) is 10.9 Å². The van der Waals surface area contributed by atoms with E-state index in [1.54, 1.807) is 34.5 Å². The van der Waals surface area contributed by atoms with Crippen LogP contribution in [0.2, 0.25) is 5.02 Å². The number of amides is 2. The summed E-state index contributed by atoms with van der Waals surface area (Å²) >= 11 is 6.42. The van der Waals surface area contributed by atoms with Crippen molar-refractivity contribution in [2.45, 2.75) is 26.3 Å². The fourth-order valence-electron chi connectivity index (χ4n) is 3.71. The number of carbonyl (C=O) groups is 3. The molecule has 2 amide bonds. The lowest BCUT2D eigenvalue weighted by Crippen LogP contribution is -2.40. The first-order chi connectivity index (χ1) is 16.4. The number of carboxylic acids is 1. The maximum atomic E-state index is 13.3. The lowest BCUT2D eigenvalue weighted by Gasteiger charge is -2.20. The lowest BCUT2D eigenvalue weighted by molar-refractivity contribution is -0.117. The smallest absolute Gasteiger partial charge is 0.335 e. The van der Waals surface area contributed by atoms with E-state index in [0.717, 1.165) is 18.0 Å². The van der Waals surface area contributed by atoms with Crippen molar-refractivity contribution < 1.29 is 27.9 Å². The Hall–Kier alpha value is -3.41. The number of carboxylic acid groups (broad SMARTS) is 1. The molecule has 0 saturated carbocycles. The third-order valence-corrected chi connectivity index (χ3v) is 7.07. The molecule has 2 aromatic carbocycles. The number of aromatic carboxylic acids is 1. The first-order valence-electron chi connectivity index (χ1n) is 10.6. The Morgan fingerprint density at radius 3 is 2.51 bits per heavy atom. The summed E-state index contributed by atoms with van der Waals surface area (Å²) < 4.78 is 29.6. The molecular formula is C23H25ClN4O6S. The van der Waals surface area contributed by atoms with Crippen molar-refractivity contribution in [1.82, 2.24) is 19.3 Å². The van der Waals surface area contributed by atoms with Gasteiger partial charge in [-0.15, -0.1) is 0 Å². The number of nitrogens with zero attached hydrogens (tertiary/aromatic N) is 1. The molecular weight excluding hydrogens is 496 g/mol. The van der Waals surface area contributed by atoms with Gasteiger partial charge in [0.15, 0.2) is 0 Å². The molecule has 0 aliphatic rings. The Morgan fingerprint density at radius 2 is 1.86 bits per heavy atom. The van der Waals surface area contributed by atoms with E-state index in [2.05, 4.69) is 10.0 Å². The van der Waals surface area contributed by atoms with Gasteiger partial charge in [-0.1, -0.05) is 29.8 Å². The summed E-state index contributed by atoms with van der Waals surface area (Å²) in [6.45, 7) is 2.80. The van der Waals surface area contributed by atoms with Gasteiger partial charge in [0, 0.05) is 31.4 Å². The number of hydrogen-bond acceptors (Lipinski definition) is 5. The molecule has 4 N–H and O–H groups in total. The average Bonchev–Trinajstić information content (AvgIpc) is 3.11. The molecule has 1 atom stereocenters. The van der Waals surface area contributed by atoms with E-state index < -0.39 is 34.0 Å². The third kappa shape index (κ3) is 6.18. The predicted molar refractivity (Wildman–Crippen MR) is 132 cm³/mol. The zero-order valence-electron chi connectivity index (χ0n) is 19.3. The first-order valence-corrected chi connectivity index (χ1v) is 12.4. The van der Waals surface area contributed by atoms with E-state index in [1.807, 2.05) is 19.1 Å². The molecule has 0 radical (unpaired) electrons. The highest BCUT2D eigenvalue weighted by Crippen LogP contribution is 2.29. The maximum Gasteiger partial charge on any atom is 0.335 e. The van der Waals surface area contributed by atoms with Crippen LogP contribution >= 0.6 is 11.6 Å². The summed E-state index contributed by atoms with van der Waals surface area (Å²) in [5.41, 5.74) is 2.45. The number of benzene rings is 2. The number of aromatic nitrogens is 1. The van der Waals surface area contributed by atoms with Crippen molar-refractivity contribution in [3.63, 3.8) is 0 Å². The second kappa shape index (κ2) is 10.5. The van der Waals surface area contributed by atoms with Gasteiger partial charge in [-0.05, 0) is 48.7 Å². The van der Waals surface area contributed by atoms with E-state index in [9.17, 15) is 27.9 Å². The number of nitrogens with one attached hydrogen (secondary N) is 3. The molecule has 0 aliphatic carbocycles. The largest absolute Gasteiger partial charge is 0.478 e. The molecule has 1 unspecified atom stereocenters. The third-order valence-electron chi connectivity index (χ3n) is 5.43. The van der Waals surface area contributed by atoms with Crippen molar-refractivity contribution >= 4 is 50.5 Å². The summed E-state index contributed by atoms with van der Waals surface area (Å²) in [5, 5.41) is 13.5. The van der Waals surface area contributed by atoms with Crippen molar-refractivity contribution in [3.8, 4) is 0 Å². The summed E-state index contributed by atoms with van der Waals surface area (Å²) in [6, 6.07) is 10.7. The van der Waals surface area contributed by atoms with E-state index in [-0.39, 0.29) is 18.5 Å².